The monoisotopic (exact) mass is 397 g/mol. The molecule has 0 spiro atoms. The summed E-state index contributed by atoms with van der Waals surface area (Å²) < 4.78 is 19.4. The molecule has 0 bridgehead atoms. The standard InChI is InChI=1S/C23H24FNO4/c1-15(2)29-13-7-12-25-20(17-10-6-11-18(24)14-17)19(22(27)23(25)28)21(26)16-8-4-3-5-9-16/h3-6,8-11,14-15,20,26H,7,12-13H2,1-2H3/t20-/m0/s1. The molecule has 0 aromatic heterocycles. The number of halogens is 1. The first kappa shape index (κ1) is 20.7. The van der Waals surface area contributed by atoms with E-state index < -0.39 is 23.5 Å². The second-order valence-electron chi connectivity index (χ2n) is 7.19. The molecule has 1 fully saturated rings. The fraction of sp³-hybridized carbons (Fsp3) is 0.304. The van der Waals surface area contributed by atoms with Gasteiger partial charge in [-0.15, -0.1) is 0 Å². The van der Waals surface area contributed by atoms with Gasteiger partial charge in [0.25, 0.3) is 11.7 Å². The van der Waals surface area contributed by atoms with Crippen molar-refractivity contribution in [1.82, 2.24) is 4.90 Å². The van der Waals surface area contributed by atoms with E-state index in [9.17, 15) is 19.1 Å². The number of carbonyl (C=O) groups excluding carboxylic acids is 2. The van der Waals surface area contributed by atoms with Gasteiger partial charge in [-0.25, -0.2) is 4.39 Å². The molecule has 29 heavy (non-hydrogen) atoms. The Morgan fingerprint density at radius 3 is 2.52 bits per heavy atom. The van der Waals surface area contributed by atoms with E-state index in [1.807, 2.05) is 13.8 Å². The third kappa shape index (κ3) is 4.54. The normalized spacial score (nSPS) is 18.6. The third-order valence-electron chi connectivity index (χ3n) is 4.75. The van der Waals surface area contributed by atoms with Crippen LogP contribution in [0.3, 0.4) is 0 Å². The van der Waals surface area contributed by atoms with Gasteiger partial charge in [-0.2, -0.15) is 0 Å². The van der Waals surface area contributed by atoms with Crippen LogP contribution in [0.2, 0.25) is 0 Å². The van der Waals surface area contributed by atoms with Crippen molar-refractivity contribution < 1.29 is 23.8 Å². The van der Waals surface area contributed by atoms with Crippen molar-refractivity contribution >= 4 is 17.4 Å². The van der Waals surface area contributed by atoms with Crippen molar-refractivity contribution in [2.24, 2.45) is 0 Å². The van der Waals surface area contributed by atoms with Crippen molar-refractivity contribution in [3.05, 3.63) is 77.1 Å². The zero-order chi connectivity index (χ0) is 21.0. The van der Waals surface area contributed by atoms with Gasteiger partial charge >= 0.3 is 0 Å². The molecule has 6 heteroatoms. The molecule has 2 aromatic carbocycles. The summed E-state index contributed by atoms with van der Waals surface area (Å²) in [5.74, 6) is -2.22. The highest BCUT2D eigenvalue weighted by Crippen LogP contribution is 2.39. The second-order valence-corrected chi connectivity index (χ2v) is 7.19. The van der Waals surface area contributed by atoms with Crippen LogP contribution in [0.25, 0.3) is 5.76 Å². The number of nitrogens with zero attached hydrogens (tertiary/aromatic N) is 1. The Balaban J connectivity index is 2.02. The lowest BCUT2D eigenvalue weighted by molar-refractivity contribution is -0.140. The molecule has 152 valence electrons. The highest BCUT2D eigenvalue weighted by molar-refractivity contribution is 6.46. The number of amides is 1. The molecule has 0 radical (unpaired) electrons. The molecule has 0 aliphatic carbocycles. The molecule has 3 rings (SSSR count). The van der Waals surface area contributed by atoms with Crippen LogP contribution in [-0.2, 0) is 14.3 Å². The average molecular weight is 397 g/mol. The van der Waals surface area contributed by atoms with E-state index in [1.165, 1.54) is 23.1 Å². The molecule has 0 saturated carbocycles. The topological polar surface area (TPSA) is 66.8 Å². The van der Waals surface area contributed by atoms with E-state index in [1.54, 1.807) is 36.4 Å². The van der Waals surface area contributed by atoms with Gasteiger partial charge in [-0.05, 0) is 38.0 Å². The van der Waals surface area contributed by atoms with Gasteiger partial charge in [0.05, 0.1) is 17.7 Å². The minimum Gasteiger partial charge on any atom is -0.507 e. The smallest absolute Gasteiger partial charge is 0.295 e. The minimum absolute atomic E-state index is 0.0309. The Morgan fingerprint density at radius 2 is 1.86 bits per heavy atom. The second kappa shape index (κ2) is 9.01. The van der Waals surface area contributed by atoms with Crippen LogP contribution in [0.15, 0.2) is 60.2 Å². The van der Waals surface area contributed by atoms with Gasteiger partial charge in [0.2, 0.25) is 0 Å². The molecule has 2 aromatic rings. The van der Waals surface area contributed by atoms with Crippen LogP contribution in [0.5, 0.6) is 0 Å². The summed E-state index contributed by atoms with van der Waals surface area (Å²) in [6.45, 7) is 4.51. The maximum atomic E-state index is 13.9. The Labute approximate surface area is 169 Å². The summed E-state index contributed by atoms with van der Waals surface area (Å²) >= 11 is 0. The predicted molar refractivity (Wildman–Crippen MR) is 108 cm³/mol. The molecular formula is C23H24FNO4. The number of hydrogen-bond acceptors (Lipinski definition) is 4. The van der Waals surface area contributed by atoms with Gasteiger partial charge in [-0.1, -0.05) is 42.5 Å². The molecule has 1 amide bonds. The number of ketones is 1. The SMILES string of the molecule is CC(C)OCCCN1C(=O)C(=O)C(=C(O)c2ccccc2)[C@@H]1c1cccc(F)c1. The molecule has 1 heterocycles. The van der Waals surface area contributed by atoms with E-state index in [0.717, 1.165) is 0 Å². The lowest BCUT2D eigenvalue weighted by Gasteiger charge is -2.25. The predicted octanol–water partition coefficient (Wildman–Crippen LogP) is 4.06. The Hall–Kier alpha value is -2.99. The van der Waals surface area contributed by atoms with Crippen molar-refractivity contribution in [3.63, 3.8) is 0 Å². The summed E-state index contributed by atoms with van der Waals surface area (Å²) in [6, 6.07) is 13.4. The Morgan fingerprint density at radius 1 is 1.14 bits per heavy atom. The Kier molecular flexibility index (Phi) is 6.44. The molecule has 1 N–H and O–H groups in total. The molecule has 1 atom stereocenters. The maximum Gasteiger partial charge on any atom is 0.295 e. The van der Waals surface area contributed by atoms with Gasteiger partial charge in [0.15, 0.2) is 0 Å². The van der Waals surface area contributed by atoms with Crippen molar-refractivity contribution in [3.8, 4) is 0 Å². The van der Waals surface area contributed by atoms with Gasteiger partial charge in [0, 0.05) is 18.7 Å². The number of aliphatic hydroxyl groups is 1. The zero-order valence-electron chi connectivity index (χ0n) is 16.5. The number of carbonyl (C=O) groups is 2. The summed E-state index contributed by atoms with van der Waals surface area (Å²) in [5, 5.41) is 10.8. The zero-order valence-corrected chi connectivity index (χ0v) is 16.5. The van der Waals surface area contributed by atoms with Crippen LogP contribution in [0, 0.1) is 5.82 Å². The highest BCUT2D eigenvalue weighted by atomic mass is 19.1. The number of benzene rings is 2. The van der Waals surface area contributed by atoms with E-state index in [2.05, 4.69) is 0 Å². The summed E-state index contributed by atoms with van der Waals surface area (Å²) in [4.78, 5) is 26.9. The number of hydrogen-bond donors (Lipinski definition) is 1. The summed E-state index contributed by atoms with van der Waals surface area (Å²) in [6.07, 6.45) is 0.574. The quantitative estimate of drug-likeness (QED) is 0.331. The molecule has 1 aliphatic rings. The average Bonchev–Trinajstić information content (AvgIpc) is 2.96. The van der Waals surface area contributed by atoms with Gasteiger partial charge in [0.1, 0.15) is 11.6 Å². The van der Waals surface area contributed by atoms with Crippen molar-refractivity contribution in [2.75, 3.05) is 13.2 Å². The van der Waals surface area contributed by atoms with Gasteiger partial charge < -0.3 is 14.7 Å². The van der Waals surface area contributed by atoms with Crippen LogP contribution in [0.1, 0.15) is 37.4 Å². The lowest BCUT2D eigenvalue weighted by Crippen LogP contribution is -2.31. The Bertz CT molecular complexity index is 923. The number of likely N-dealkylation sites (tertiary alicyclic amines) is 1. The largest absolute Gasteiger partial charge is 0.507 e. The van der Waals surface area contributed by atoms with Crippen molar-refractivity contribution in [2.45, 2.75) is 32.4 Å². The maximum absolute atomic E-state index is 13.9. The van der Waals surface area contributed by atoms with E-state index >= 15 is 0 Å². The molecule has 0 unspecified atom stereocenters. The van der Waals surface area contributed by atoms with E-state index in [0.29, 0.717) is 24.2 Å². The third-order valence-corrected chi connectivity index (χ3v) is 4.75. The summed E-state index contributed by atoms with van der Waals surface area (Å²) in [7, 11) is 0. The van der Waals surface area contributed by atoms with Crippen LogP contribution >= 0.6 is 0 Å². The molecule has 5 nitrogen and oxygen atoms in total. The number of aliphatic hydroxyl groups excluding tert-OH is 1. The van der Waals surface area contributed by atoms with Crippen molar-refractivity contribution in [1.29, 1.82) is 0 Å². The number of rotatable bonds is 7. The lowest BCUT2D eigenvalue weighted by atomic mass is 9.95. The van der Waals surface area contributed by atoms with Crippen LogP contribution in [0.4, 0.5) is 4.39 Å². The first-order valence-corrected chi connectivity index (χ1v) is 9.61. The highest BCUT2D eigenvalue weighted by Gasteiger charge is 2.45. The molecular weight excluding hydrogens is 373 g/mol. The summed E-state index contributed by atoms with van der Waals surface area (Å²) in [5.41, 5.74) is 0.832. The van der Waals surface area contributed by atoms with Crippen LogP contribution < -0.4 is 0 Å². The first-order valence-electron chi connectivity index (χ1n) is 9.61. The van der Waals surface area contributed by atoms with Gasteiger partial charge in [-0.3, -0.25) is 9.59 Å². The van der Waals surface area contributed by atoms with E-state index in [-0.39, 0.29) is 24.0 Å². The first-order chi connectivity index (χ1) is 13.9. The molecule has 1 saturated heterocycles. The van der Waals surface area contributed by atoms with E-state index in [4.69, 9.17) is 4.74 Å². The fourth-order valence-corrected chi connectivity index (χ4v) is 3.44. The van der Waals surface area contributed by atoms with Crippen LogP contribution in [-0.4, -0.2) is 41.0 Å². The molecule has 1 aliphatic heterocycles. The fourth-order valence-electron chi connectivity index (χ4n) is 3.44. The number of Topliss-reactive ketones (excluding diaryl/α,β-unsaturated/α-hetero) is 1. The minimum atomic E-state index is -0.857. The number of ether oxygens (including phenoxy) is 1.